The fourth-order valence-electron chi connectivity index (χ4n) is 1.15. The minimum atomic E-state index is -3.76. The number of hydrogen-bond donors (Lipinski definition) is 1. The summed E-state index contributed by atoms with van der Waals surface area (Å²) in [5.74, 6) is 0.0457. The van der Waals surface area contributed by atoms with Gasteiger partial charge in [-0.05, 0) is 30.1 Å². The summed E-state index contributed by atoms with van der Waals surface area (Å²) in [4.78, 5) is 7.58. The molecule has 0 fully saturated rings. The summed E-state index contributed by atoms with van der Waals surface area (Å²) in [6.07, 6.45) is 4.08. The molecular formula is C10H9N4NaO2S. The number of nitrogens with two attached hydrogens (primary N) is 1. The minimum Gasteiger partial charge on any atom is -0.440 e. The average molecular weight is 272 g/mol. The van der Waals surface area contributed by atoms with Crippen LogP contribution in [0.3, 0.4) is 0 Å². The van der Waals surface area contributed by atoms with Crippen LogP contribution in [0, 0.1) is 0 Å². The number of nitrogen functional groups attached to an aromatic ring is 1. The number of nitrogens with zero attached hydrogens (tertiary/aromatic N) is 3. The summed E-state index contributed by atoms with van der Waals surface area (Å²) in [5.41, 5.74) is 5.96. The Kier molecular flexibility index (Phi) is 5.09. The second-order valence-corrected chi connectivity index (χ2v) is 4.80. The molecule has 1 aromatic heterocycles. The summed E-state index contributed by atoms with van der Waals surface area (Å²) < 4.78 is 27.2. The van der Waals surface area contributed by atoms with Crippen molar-refractivity contribution in [2.45, 2.75) is 4.90 Å². The molecule has 0 aliphatic rings. The molecule has 6 nitrogen and oxygen atoms in total. The second-order valence-electron chi connectivity index (χ2n) is 3.20. The first-order chi connectivity index (χ1) is 8.08. The first-order valence-electron chi connectivity index (χ1n) is 4.67. The van der Waals surface area contributed by atoms with E-state index >= 15 is 0 Å². The standard InChI is InChI=1S/C10H9N4O2S.Na/c11-8-1-3-9(4-2-8)17(15,16)14-10-7-12-5-6-13-10;/h1-7H,11H2;/q-1;+1. The summed E-state index contributed by atoms with van der Waals surface area (Å²) in [6.45, 7) is 0. The molecule has 8 heteroatoms. The molecule has 0 radical (unpaired) electrons. The van der Waals surface area contributed by atoms with Crippen LogP contribution >= 0.6 is 0 Å². The topological polar surface area (TPSA) is 100 Å². The molecule has 0 saturated carbocycles. The van der Waals surface area contributed by atoms with E-state index in [-0.39, 0.29) is 40.3 Å². The van der Waals surface area contributed by atoms with Gasteiger partial charge in [0, 0.05) is 18.1 Å². The monoisotopic (exact) mass is 272 g/mol. The van der Waals surface area contributed by atoms with Gasteiger partial charge in [-0.25, -0.2) is 8.42 Å². The van der Waals surface area contributed by atoms with E-state index in [1.54, 1.807) is 0 Å². The van der Waals surface area contributed by atoms with Gasteiger partial charge in [0.25, 0.3) is 0 Å². The van der Waals surface area contributed by atoms with Crippen LogP contribution < -0.4 is 35.3 Å². The zero-order valence-corrected chi connectivity index (χ0v) is 12.5. The normalized spacial score (nSPS) is 10.4. The molecule has 0 amide bonds. The van der Waals surface area contributed by atoms with Gasteiger partial charge in [-0.15, -0.1) is 0 Å². The number of hydrogen-bond acceptors (Lipinski definition) is 5. The molecule has 0 atom stereocenters. The van der Waals surface area contributed by atoms with E-state index in [1.807, 2.05) is 0 Å². The Bertz CT molecular complexity index is 602. The van der Waals surface area contributed by atoms with Crippen LogP contribution in [-0.4, -0.2) is 18.4 Å². The predicted octanol–water partition coefficient (Wildman–Crippen LogP) is -1.54. The van der Waals surface area contributed by atoms with Gasteiger partial charge in [0.1, 0.15) is 0 Å². The summed E-state index contributed by atoms with van der Waals surface area (Å²) in [5, 5.41) is 0. The SMILES string of the molecule is Nc1ccc(S(=O)(=O)[N-]c2cnccn2)cc1.[Na+]. The van der Waals surface area contributed by atoms with Crippen molar-refractivity contribution in [3.8, 4) is 0 Å². The Morgan fingerprint density at radius 2 is 1.78 bits per heavy atom. The van der Waals surface area contributed by atoms with E-state index in [0.717, 1.165) is 0 Å². The van der Waals surface area contributed by atoms with Crippen molar-refractivity contribution in [1.82, 2.24) is 9.97 Å². The van der Waals surface area contributed by atoms with Gasteiger partial charge in [0.15, 0.2) is 0 Å². The molecule has 1 heterocycles. The molecule has 0 aliphatic heterocycles. The minimum absolute atomic E-state index is 0. The van der Waals surface area contributed by atoms with Crippen molar-refractivity contribution in [3.05, 3.63) is 47.6 Å². The number of rotatable bonds is 3. The molecule has 2 N–H and O–H groups in total. The van der Waals surface area contributed by atoms with Crippen LogP contribution in [0.15, 0.2) is 47.8 Å². The molecule has 0 aliphatic carbocycles. The number of anilines is 1. The van der Waals surface area contributed by atoms with Gasteiger partial charge in [-0.1, -0.05) is 6.20 Å². The number of sulfonamides is 1. The number of benzene rings is 1. The molecule has 0 spiro atoms. The number of aromatic nitrogens is 2. The van der Waals surface area contributed by atoms with Gasteiger partial charge in [0.05, 0.1) is 4.90 Å². The van der Waals surface area contributed by atoms with Gasteiger partial charge in [0.2, 0.25) is 10.0 Å². The van der Waals surface area contributed by atoms with Crippen molar-refractivity contribution >= 4 is 21.5 Å². The van der Waals surface area contributed by atoms with Crippen molar-refractivity contribution in [3.63, 3.8) is 0 Å². The van der Waals surface area contributed by atoms with Crippen LogP contribution in [0.1, 0.15) is 0 Å². The molecule has 1 aromatic carbocycles. The Balaban J connectivity index is 0.00000162. The third-order valence-corrected chi connectivity index (χ3v) is 3.24. The van der Waals surface area contributed by atoms with Gasteiger partial charge in [-0.3, -0.25) is 4.98 Å². The Morgan fingerprint density at radius 3 is 2.33 bits per heavy atom. The molecule has 0 saturated heterocycles. The van der Waals surface area contributed by atoms with E-state index in [4.69, 9.17) is 5.73 Å². The summed E-state index contributed by atoms with van der Waals surface area (Å²) >= 11 is 0. The van der Waals surface area contributed by atoms with E-state index < -0.39 is 10.0 Å². The summed E-state index contributed by atoms with van der Waals surface area (Å²) in [6, 6.07) is 5.78. The first kappa shape index (κ1) is 14.9. The average Bonchev–Trinajstić information content (AvgIpc) is 2.30. The zero-order chi connectivity index (χ0) is 12.3. The van der Waals surface area contributed by atoms with Gasteiger partial charge in [-0.2, -0.15) is 0 Å². The maximum atomic E-state index is 11.8. The largest absolute Gasteiger partial charge is 1.00 e. The molecule has 2 aromatic rings. The van der Waals surface area contributed by atoms with Crippen molar-refractivity contribution in [2.24, 2.45) is 0 Å². The van der Waals surface area contributed by atoms with E-state index in [2.05, 4.69) is 14.7 Å². The third-order valence-electron chi connectivity index (χ3n) is 1.94. The van der Waals surface area contributed by atoms with E-state index in [9.17, 15) is 8.42 Å². The zero-order valence-electron chi connectivity index (χ0n) is 9.69. The molecular weight excluding hydrogens is 263 g/mol. The van der Waals surface area contributed by atoms with Gasteiger partial charge < -0.3 is 15.4 Å². The summed E-state index contributed by atoms with van der Waals surface area (Å²) in [7, 11) is -3.76. The van der Waals surface area contributed by atoms with E-state index in [0.29, 0.717) is 5.69 Å². The smallest absolute Gasteiger partial charge is 0.440 e. The fraction of sp³-hybridized carbons (Fsp3) is 0. The fourth-order valence-corrected chi connectivity index (χ4v) is 2.08. The van der Waals surface area contributed by atoms with Gasteiger partial charge >= 0.3 is 29.6 Å². The molecule has 88 valence electrons. The maximum Gasteiger partial charge on any atom is 1.00 e. The predicted molar refractivity (Wildman–Crippen MR) is 63.1 cm³/mol. The maximum absolute atomic E-state index is 11.8. The van der Waals surface area contributed by atoms with E-state index in [1.165, 1.54) is 42.9 Å². The Labute approximate surface area is 127 Å². The quantitative estimate of drug-likeness (QED) is 0.539. The Morgan fingerprint density at radius 1 is 1.11 bits per heavy atom. The first-order valence-corrected chi connectivity index (χ1v) is 6.11. The van der Waals surface area contributed by atoms with Crippen molar-refractivity contribution in [2.75, 3.05) is 5.73 Å². The molecule has 18 heavy (non-hydrogen) atoms. The van der Waals surface area contributed by atoms with Crippen molar-refractivity contribution in [1.29, 1.82) is 0 Å². The van der Waals surface area contributed by atoms with Crippen LogP contribution in [0.4, 0.5) is 11.5 Å². The Hall–Kier alpha value is -1.15. The van der Waals surface area contributed by atoms with Crippen molar-refractivity contribution < 1.29 is 38.0 Å². The second kappa shape index (κ2) is 6.14. The van der Waals surface area contributed by atoms with Crippen LogP contribution in [0.5, 0.6) is 0 Å². The molecule has 0 unspecified atom stereocenters. The van der Waals surface area contributed by atoms with Crippen LogP contribution in [-0.2, 0) is 10.0 Å². The van der Waals surface area contributed by atoms with Crippen LogP contribution in [0.2, 0.25) is 0 Å². The molecule has 2 rings (SSSR count). The third kappa shape index (κ3) is 3.67. The van der Waals surface area contributed by atoms with Crippen LogP contribution in [0.25, 0.3) is 4.72 Å². The molecule has 0 bridgehead atoms.